The first-order valence-corrected chi connectivity index (χ1v) is 9.15. The Labute approximate surface area is 128 Å². The number of benzene rings is 1. The van der Waals surface area contributed by atoms with Gasteiger partial charge < -0.3 is 10.2 Å². The van der Waals surface area contributed by atoms with Gasteiger partial charge in [0.25, 0.3) is 0 Å². The summed E-state index contributed by atoms with van der Waals surface area (Å²) in [6, 6.07) is 10.8. The van der Waals surface area contributed by atoms with Crippen molar-refractivity contribution in [3.8, 4) is 0 Å². The quantitative estimate of drug-likeness (QED) is 0.666. The van der Waals surface area contributed by atoms with Crippen molar-refractivity contribution in [1.29, 1.82) is 0 Å². The highest BCUT2D eigenvalue weighted by atomic mass is 32.2. The molecule has 0 atom stereocenters. The average Bonchev–Trinajstić information content (AvgIpc) is 3.00. The molecule has 1 aromatic carbocycles. The van der Waals surface area contributed by atoms with Crippen LogP contribution in [-0.4, -0.2) is 43.4 Å². The molecule has 0 unspecified atom stereocenters. The Morgan fingerprint density at radius 1 is 1.00 bits per heavy atom. The lowest BCUT2D eigenvalue weighted by Gasteiger charge is -2.14. The molecule has 1 fully saturated rings. The Hall–Kier alpha value is -0.510. The fourth-order valence-electron chi connectivity index (χ4n) is 2.62. The maximum absolute atomic E-state index is 3.57. The standard InChI is InChI=1S/C17H28N2S/c1-2-8-17(9-3-1)16-20-15-7-11-18-10-6-14-19-12-4-5-13-19/h1-3,8-9,18H,4-7,10-16H2. The number of hydrogen-bond acceptors (Lipinski definition) is 3. The molecule has 1 heterocycles. The van der Waals surface area contributed by atoms with Gasteiger partial charge in [-0.3, -0.25) is 0 Å². The molecule has 0 radical (unpaired) electrons. The number of likely N-dealkylation sites (tertiary alicyclic amines) is 1. The van der Waals surface area contributed by atoms with Crippen LogP contribution in [0.1, 0.15) is 31.2 Å². The number of rotatable bonds is 10. The van der Waals surface area contributed by atoms with Crippen molar-refractivity contribution >= 4 is 11.8 Å². The minimum Gasteiger partial charge on any atom is -0.317 e. The Morgan fingerprint density at radius 3 is 2.55 bits per heavy atom. The molecule has 3 heteroatoms. The zero-order valence-electron chi connectivity index (χ0n) is 12.5. The predicted octanol–water partition coefficient (Wildman–Crippen LogP) is 3.39. The number of hydrogen-bond donors (Lipinski definition) is 1. The highest BCUT2D eigenvalue weighted by molar-refractivity contribution is 7.98. The van der Waals surface area contributed by atoms with Crippen LogP contribution in [0.2, 0.25) is 0 Å². The second-order valence-electron chi connectivity index (χ2n) is 5.54. The van der Waals surface area contributed by atoms with Gasteiger partial charge in [0, 0.05) is 5.75 Å². The van der Waals surface area contributed by atoms with Gasteiger partial charge in [0.15, 0.2) is 0 Å². The third-order valence-corrected chi connectivity index (χ3v) is 4.90. The first-order chi connectivity index (χ1) is 9.95. The minimum atomic E-state index is 1.15. The van der Waals surface area contributed by atoms with E-state index >= 15 is 0 Å². The van der Waals surface area contributed by atoms with E-state index in [9.17, 15) is 0 Å². The van der Waals surface area contributed by atoms with E-state index in [0.717, 1.165) is 5.75 Å². The molecule has 0 amide bonds. The lowest BCUT2D eigenvalue weighted by molar-refractivity contribution is 0.331. The summed E-state index contributed by atoms with van der Waals surface area (Å²) in [6.07, 6.45) is 5.40. The van der Waals surface area contributed by atoms with E-state index in [1.54, 1.807) is 0 Å². The van der Waals surface area contributed by atoms with E-state index in [-0.39, 0.29) is 0 Å². The molecule has 0 bridgehead atoms. The third-order valence-electron chi connectivity index (χ3n) is 3.78. The van der Waals surface area contributed by atoms with Gasteiger partial charge in [0.05, 0.1) is 0 Å². The summed E-state index contributed by atoms with van der Waals surface area (Å²) in [5.41, 5.74) is 1.44. The van der Waals surface area contributed by atoms with Crippen LogP contribution in [0, 0.1) is 0 Å². The first-order valence-electron chi connectivity index (χ1n) is 8.00. The van der Waals surface area contributed by atoms with E-state index in [2.05, 4.69) is 40.5 Å². The molecule has 112 valence electrons. The highest BCUT2D eigenvalue weighted by Crippen LogP contribution is 2.12. The molecule has 1 aliphatic rings. The minimum absolute atomic E-state index is 1.15. The molecule has 1 N–H and O–H groups in total. The Bertz CT molecular complexity index is 336. The van der Waals surface area contributed by atoms with Gasteiger partial charge in [0.1, 0.15) is 0 Å². The molecule has 1 aliphatic heterocycles. The van der Waals surface area contributed by atoms with Gasteiger partial charge >= 0.3 is 0 Å². The molecule has 1 aromatic rings. The normalized spacial score (nSPS) is 15.8. The van der Waals surface area contributed by atoms with Crippen molar-refractivity contribution in [3.63, 3.8) is 0 Å². The fraction of sp³-hybridized carbons (Fsp3) is 0.647. The summed E-state index contributed by atoms with van der Waals surface area (Å²) in [4.78, 5) is 2.59. The maximum Gasteiger partial charge on any atom is 0.0184 e. The molecule has 0 aromatic heterocycles. The maximum atomic E-state index is 3.57. The molecule has 1 saturated heterocycles. The van der Waals surface area contributed by atoms with Crippen LogP contribution < -0.4 is 5.32 Å². The zero-order valence-corrected chi connectivity index (χ0v) is 13.3. The number of thioether (sulfide) groups is 1. The monoisotopic (exact) mass is 292 g/mol. The zero-order chi connectivity index (χ0) is 13.9. The second kappa shape index (κ2) is 10.3. The predicted molar refractivity (Wildman–Crippen MR) is 90.4 cm³/mol. The average molecular weight is 292 g/mol. The Balaban J connectivity index is 1.35. The van der Waals surface area contributed by atoms with E-state index in [4.69, 9.17) is 0 Å². The summed E-state index contributed by atoms with van der Waals surface area (Å²) in [5.74, 6) is 2.41. The largest absolute Gasteiger partial charge is 0.317 e. The summed E-state index contributed by atoms with van der Waals surface area (Å²) in [5, 5.41) is 3.57. The second-order valence-corrected chi connectivity index (χ2v) is 6.65. The molecule has 20 heavy (non-hydrogen) atoms. The molecule has 2 rings (SSSR count). The molecule has 0 spiro atoms. The van der Waals surface area contributed by atoms with Crippen LogP contribution in [0.4, 0.5) is 0 Å². The van der Waals surface area contributed by atoms with Crippen LogP contribution >= 0.6 is 11.8 Å². The third kappa shape index (κ3) is 6.78. The molecule has 2 nitrogen and oxygen atoms in total. The van der Waals surface area contributed by atoms with Crippen molar-refractivity contribution in [2.75, 3.05) is 38.5 Å². The molecule has 0 saturated carbocycles. The van der Waals surface area contributed by atoms with Crippen molar-refractivity contribution in [2.24, 2.45) is 0 Å². The van der Waals surface area contributed by atoms with E-state index in [0.29, 0.717) is 0 Å². The highest BCUT2D eigenvalue weighted by Gasteiger charge is 2.09. The van der Waals surface area contributed by atoms with E-state index in [1.807, 2.05) is 11.8 Å². The fourth-order valence-corrected chi connectivity index (χ4v) is 3.54. The van der Waals surface area contributed by atoms with Crippen LogP contribution in [0.3, 0.4) is 0 Å². The lowest BCUT2D eigenvalue weighted by atomic mass is 10.2. The van der Waals surface area contributed by atoms with Crippen molar-refractivity contribution < 1.29 is 0 Å². The Kier molecular flexibility index (Phi) is 8.13. The van der Waals surface area contributed by atoms with Crippen LogP contribution in [-0.2, 0) is 5.75 Å². The topological polar surface area (TPSA) is 15.3 Å². The molecule has 0 aliphatic carbocycles. The van der Waals surface area contributed by atoms with Crippen LogP contribution in [0.15, 0.2) is 30.3 Å². The summed E-state index contributed by atoms with van der Waals surface area (Å²) in [6.45, 7) is 6.30. The summed E-state index contributed by atoms with van der Waals surface area (Å²) >= 11 is 2.04. The lowest BCUT2D eigenvalue weighted by Crippen LogP contribution is -2.25. The number of nitrogens with one attached hydrogen (secondary N) is 1. The van der Waals surface area contributed by atoms with Crippen LogP contribution in [0.5, 0.6) is 0 Å². The van der Waals surface area contributed by atoms with Crippen molar-refractivity contribution in [1.82, 2.24) is 10.2 Å². The molecular weight excluding hydrogens is 264 g/mol. The van der Waals surface area contributed by atoms with Gasteiger partial charge in [-0.1, -0.05) is 30.3 Å². The van der Waals surface area contributed by atoms with Crippen LogP contribution in [0.25, 0.3) is 0 Å². The van der Waals surface area contributed by atoms with Crippen molar-refractivity contribution in [3.05, 3.63) is 35.9 Å². The van der Waals surface area contributed by atoms with Crippen molar-refractivity contribution in [2.45, 2.75) is 31.4 Å². The van der Waals surface area contributed by atoms with E-state index in [1.165, 1.54) is 69.7 Å². The smallest absolute Gasteiger partial charge is 0.0184 e. The van der Waals surface area contributed by atoms with Gasteiger partial charge in [-0.2, -0.15) is 11.8 Å². The first kappa shape index (κ1) is 15.9. The Morgan fingerprint density at radius 2 is 1.75 bits per heavy atom. The van der Waals surface area contributed by atoms with Gasteiger partial charge in [-0.15, -0.1) is 0 Å². The summed E-state index contributed by atoms with van der Waals surface area (Å²) in [7, 11) is 0. The number of nitrogens with zero attached hydrogens (tertiary/aromatic N) is 1. The molecular formula is C17H28N2S. The van der Waals surface area contributed by atoms with E-state index < -0.39 is 0 Å². The van der Waals surface area contributed by atoms with Gasteiger partial charge in [-0.05, 0) is 69.7 Å². The van der Waals surface area contributed by atoms with Gasteiger partial charge in [0.2, 0.25) is 0 Å². The SMILES string of the molecule is c1ccc(CSCCCNCCCN2CCCC2)cc1. The van der Waals surface area contributed by atoms with Gasteiger partial charge in [-0.25, -0.2) is 0 Å². The summed E-state index contributed by atoms with van der Waals surface area (Å²) < 4.78 is 0.